The molecule has 0 heterocycles. The molecular weight excluding hydrogens is 196 g/mol. The molecule has 0 fully saturated rings. The molecule has 1 unspecified atom stereocenters. The lowest BCUT2D eigenvalue weighted by molar-refractivity contribution is -0.147. The summed E-state index contributed by atoms with van der Waals surface area (Å²) < 4.78 is 4.96. The maximum atomic E-state index is 11.4. The molecular formula is C11H22O2S. The fourth-order valence-electron chi connectivity index (χ4n) is 1.36. The zero-order chi connectivity index (χ0) is 10.8. The van der Waals surface area contributed by atoms with Gasteiger partial charge in [-0.25, -0.2) is 0 Å². The number of rotatable bonds is 8. The van der Waals surface area contributed by atoms with Gasteiger partial charge in [0.15, 0.2) is 0 Å². The van der Waals surface area contributed by atoms with Gasteiger partial charge in [-0.2, -0.15) is 12.6 Å². The van der Waals surface area contributed by atoms with E-state index in [2.05, 4.69) is 19.6 Å². The Morgan fingerprint density at radius 1 is 1.29 bits per heavy atom. The standard InChI is InChI=1S/C11H22O2S/c1-3-5-6-7-8-10(9-14)11(12)13-4-2/h10,14H,3-9H2,1-2H3. The summed E-state index contributed by atoms with van der Waals surface area (Å²) in [5, 5.41) is 0. The number of unbranched alkanes of at least 4 members (excludes halogenated alkanes) is 3. The Bertz CT molecular complexity index is 148. The number of esters is 1. The summed E-state index contributed by atoms with van der Waals surface area (Å²) in [6.45, 7) is 4.49. The molecule has 0 saturated heterocycles. The second-order valence-electron chi connectivity index (χ2n) is 3.48. The van der Waals surface area contributed by atoms with Gasteiger partial charge < -0.3 is 4.74 Å². The zero-order valence-electron chi connectivity index (χ0n) is 9.29. The highest BCUT2D eigenvalue weighted by atomic mass is 32.1. The molecule has 0 aliphatic rings. The van der Waals surface area contributed by atoms with E-state index < -0.39 is 0 Å². The highest BCUT2D eigenvalue weighted by Crippen LogP contribution is 2.14. The van der Waals surface area contributed by atoms with Gasteiger partial charge in [-0.15, -0.1) is 0 Å². The van der Waals surface area contributed by atoms with Crippen LogP contribution in [0.25, 0.3) is 0 Å². The third-order valence-electron chi connectivity index (χ3n) is 2.25. The fourth-order valence-corrected chi connectivity index (χ4v) is 1.69. The SMILES string of the molecule is CCCCCCC(CS)C(=O)OCC. The molecule has 0 N–H and O–H groups in total. The average molecular weight is 218 g/mol. The summed E-state index contributed by atoms with van der Waals surface area (Å²) >= 11 is 4.17. The third kappa shape index (κ3) is 6.30. The second kappa shape index (κ2) is 9.38. The van der Waals surface area contributed by atoms with Gasteiger partial charge in [0.1, 0.15) is 0 Å². The highest BCUT2D eigenvalue weighted by molar-refractivity contribution is 7.80. The highest BCUT2D eigenvalue weighted by Gasteiger charge is 2.16. The van der Waals surface area contributed by atoms with Crippen molar-refractivity contribution in [2.24, 2.45) is 5.92 Å². The minimum absolute atomic E-state index is 0.00450. The number of thiol groups is 1. The molecule has 0 aliphatic carbocycles. The van der Waals surface area contributed by atoms with Crippen LogP contribution >= 0.6 is 12.6 Å². The number of hydrogen-bond donors (Lipinski definition) is 1. The smallest absolute Gasteiger partial charge is 0.309 e. The van der Waals surface area contributed by atoms with Crippen LogP contribution in [0.2, 0.25) is 0 Å². The topological polar surface area (TPSA) is 26.3 Å². The first-order chi connectivity index (χ1) is 6.76. The first-order valence-electron chi connectivity index (χ1n) is 5.53. The Morgan fingerprint density at radius 2 is 2.00 bits per heavy atom. The summed E-state index contributed by atoms with van der Waals surface area (Å²) in [4.78, 5) is 11.4. The molecule has 0 spiro atoms. The van der Waals surface area contributed by atoms with E-state index in [0.29, 0.717) is 12.4 Å². The average Bonchev–Trinajstić information content (AvgIpc) is 2.18. The Balaban J connectivity index is 3.62. The van der Waals surface area contributed by atoms with Gasteiger partial charge in [-0.1, -0.05) is 32.6 Å². The fraction of sp³-hybridized carbons (Fsp3) is 0.909. The van der Waals surface area contributed by atoms with E-state index in [1.54, 1.807) is 0 Å². The van der Waals surface area contributed by atoms with Crippen molar-refractivity contribution in [3.05, 3.63) is 0 Å². The Morgan fingerprint density at radius 3 is 2.50 bits per heavy atom. The molecule has 14 heavy (non-hydrogen) atoms. The van der Waals surface area contributed by atoms with Crippen LogP contribution in [0.4, 0.5) is 0 Å². The summed E-state index contributed by atoms with van der Waals surface area (Å²) in [6, 6.07) is 0. The van der Waals surface area contributed by atoms with Crippen LogP contribution in [0, 0.1) is 5.92 Å². The molecule has 0 aromatic heterocycles. The molecule has 3 heteroatoms. The van der Waals surface area contributed by atoms with E-state index >= 15 is 0 Å². The first-order valence-corrected chi connectivity index (χ1v) is 6.16. The normalized spacial score (nSPS) is 12.5. The molecule has 0 bridgehead atoms. The number of carbonyl (C=O) groups excluding carboxylic acids is 1. The van der Waals surface area contributed by atoms with Crippen molar-refractivity contribution in [3.63, 3.8) is 0 Å². The largest absolute Gasteiger partial charge is 0.466 e. The molecule has 0 aromatic rings. The predicted octanol–water partition coefficient (Wildman–Crippen LogP) is 3.07. The van der Waals surface area contributed by atoms with Crippen molar-refractivity contribution in [1.82, 2.24) is 0 Å². The minimum atomic E-state index is -0.0843. The van der Waals surface area contributed by atoms with Gasteiger partial charge in [0.05, 0.1) is 12.5 Å². The van der Waals surface area contributed by atoms with Crippen LogP contribution in [0.5, 0.6) is 0 Å². The van der Waals surface area contributed by atoms with Crippen LogP contribution < -0.4 is 0 Å². The molecule has 2 nitrogen and oxygen atoms in total. The summed E-state index contributed by atoms with van der Waals surface area (Å²) in [7, 11) is 0. The Labute approximate surface area is 92.8 Å². The van der Waals surface area contributed by atoms with Crippen molar-refractivity contribution in [3.8, 4) is 0 Å². The lowest BCUT2D eigenvalue weighted by atomic mass is 10.0. The van der Waals surface area contributed by atoms with Gasteiger partial charge >= 0.3 is 5.97 Å². The van der Waals surface area contributed by atoms with Gasteiger partial charge in [0.2, 0.25) is 0 Å². The number of hydrogen-bond acceptors (Lipinski definition) is 3. The number of carbonyl (C=O) groups is 1. The van der Waals surface area contributed by atoms with Crippen molar-refractivity contribution in [2.75, 3.05) is 12.4 Å². The molecule has 0 rings (SSSR count). The van der Waals surface area contributed by atoms with Crippen molar-refractivity contribution >= 4 is 18.6 Å². The molecule has 1 atom stereocenters. The summed E-state index contributed by atoms with van der Waals surface area (Å²) in [6.07, 6.45) is 5.72. The van der Waals surface area contributed by atoms with Gasteiger partial charge in [0.25, 0.3) is 0 Å². The summed E-state index contributed by atoms with van der Waals surface area (Å²) in [5.41, 5.74) is 0. The Kier molecular flexibility index (Phi) is 9.26. The minimum Gasteiger partial charge on any atom is -0.466 e. The maximum Gasteiger partial charge on any atom is 0.309 e. The second-order valence-corrected chi connectivity index (χ2v) is 3.85. The maximum absolute atomic E-state index is 11.4. The monoisotopic (exact) mass is 218 g/mol. The van der Waals surface area contributed by atoms with Crippen LogP contribution in [-0.4, -0.2) is 18.3 Å². The molecule has 0 aliphatic heterocycles. The predicted molar refractivity (Wildman–Crippen MR) is 62.7 cm³/mol. The van der Waals surface area contributed by atoms with E-state index in [9.17, 15) is 4.79 Å². The van der Waals surface area contributed by atoms with Gasteiger partial charge in [0, 0.05) is 5.75 Å². The molecule has 0 aromatic carbocycles. The van der Waals surface area contributed by atoms with Crippen LogP contribution in [0.15, 0.2) is 0 Å². The van der Waals surface area contributed by atoms with Crippen LogP contribution in [0.1, 0.15) is 46.0 Å². The van der Waals surface area contributed by atoms with Gasteiger partial charge in [-0.3, -0.25) is 4.79 Å². The van der Waals surface area contributed by atoms with Crippen molar-refractivity contribution in [1.29, 1.82) is 0 Å². The lowest BCUT2D eigenvalue weighted by Gasteiger charge is -2.12. The van der Waals surface area contributed by atoms with Crippen LogP contribution in [0.3, 0.4) is 0 Å². The Hall–Kier alpha value is -0.180. The van der Waals surface area contributed by atoms with E-state index in [1.165, 1.54) is 19.3 Å². The molecule has 0 amide bonds. The van der Waals surface area contributed by atoms with E-state index in [4.69, 9.17) is 4.74 Å². The van der Waals surface area contributed by atoms with E-state index in [-0.39, 0.29) is 11.9 Å². The number of ether oxygens (including phenoxy) is 1. The third-order valence-corrected chi connectivity index (χ3v) is 2.69. The van der Waals surface area contributed by atoms with E-state index in [1.807, 2.05) is 6.92 Å². The molecule has 84 valence electrons. The summed E-state index contributed by atoms with van der Waals surface area (Å²) in [5.74, 6) is 0.513. The lowest BCUT2D eigenvalue weighted by Crippen LogP contribution is -2.19. The van der Waals surface area contributed by atoms with Crippen molar-refractivity contribution in [2.45, 2.75) is 46.0 Å². The molecule has 0 radical (unpaired) electrons. The van der Waals surface area contributed by atoms with E-state index in [0.717, 1.165) is 12.8 Å². The molecule has 0 saturated carbocycles. The van der Waals surface area contributed by atoms with Crippen LogP contribution in [-0.2, 0) is 9.53 Å². The van der Waals surface area contributed by atoms with Crippen molar-refractivity contribution < 1.29 is 9.53 Å². The quantitative estimate of drug-likeness (QED) is 0.385. The van der Waals surface area contributed by atoms with Gasteiger partial charge in [-0.05, 0) is 13.3 Å². The first kappa shape index (κ1) is 13.8. The zero-order valence-corrected chi connectivity index (χ0v) is 10.2.